The van der Waals surface area contributed by atoms with Crippen LogP contribution in [-0.4, -0.2) is 57.7 Å². The molecule has 0 N–H and O–H groups in total. The minimum Gasteiger partial charge on any atom is -0.415 e. The Hall–Kier alpha value is 0.708. The van der Waals surface area contributed by atoms with E-state index in [1.54, 1.807) is 0 Å². The van der Waals surface area contributed by atoms with Crippen LogP contribution in [0.5, 0.6) is 0 Å². The molecule has 8 heteroatoms. The van der Waals surface area contributed by atoms with Crippen LogP contribution in [0.4, 0.5) is 0 Å². The molecule has 0 spiro atoms. The number of fused-ring (bicyclic) bond motifs is 5. The third-order valence-electron chi connectivity index (χ3n) is 14.8. The molecule has 0 aromatic carbocycles. The van der Waals surface area contributed by atoms with Crippen molar-refractivity contribution in [3.05, 3.63) is 0 Å². The lowest BCUT2D eigenvalue weighted by Gasteiger charge is -2.63. The molecule has 9 unspecified atom stereocenters. The Bertz CT molecular complexity index is 1000. The lowest BCUT2D eigenvalue weighted by Crippen LogP contribution is -2.66. The summed E-state index contributed by atoms with van der Waals surface area (Å²) >= 11 is 0. The summed E-state index contributed by atoms with van der Waals surface area (Å²) in [6.07, 6.45) is 12.4. The second kappa shape index (κ2) is 13.8. The van der Waals surface area contributed by atoms with Gasteiger partial charge in [-0.05, 0) is 163 Å². The molecular formula is C37H76O4Si4. The van der Waals surface area contributed by atoms with Crippen LogP contribution in [0.25, 0.3) is 0 Å². The number of rotatable bonds is 14. The fourth-order valence-electron chi connectivity index (χ4n) is 10.4. The smallest absolute Gasteiger partial charge is 0.187 e. The number of hydrogen-bond donors (Lipinski definition) is 0. The van der Waals surface area contributed by atoms with E-state index in [4.69, 9.17) is 17.7 Å². The van der Waals surface area contributed by atoms with Crippen molar-refractivity contribution in [2.45, 2.75) is 194 Å². The zero-order chi connectivity index (χ0) is 33.7. The van der Waals surface area contributed by atoms with E-state index < -0.39 is 33.3 Å². The SMILES string of the molecule is CC[Si](C)(C)OCC(O[Si](C)(C)CC)C1(O[Si](C)(C)CC)CCC2C3CCC4CC(O[Si](C)(C)CC)CCC4(C)C3CCC21C. The van der Waals surface area contributed by atoms with Crippen molar-refractivity contribution in [1.29, 1.82) is 0 Å². The summed E-state index contributed by atoms with van der Waals surface area (Å²) in [4.78, 5) is 0. The molecule has 9 atom stereocenters. The van der Waals surface area contributed by atoms with Gasteiger partial charge in [-0.1, -0.05) is 41.5 Å². The van der Waals surface area contributed by atoms with Crippen LogP contribution in [0.15, 0.2) is 0 Å². The maximum absolute atomic E-state index is 7.80. The van der Waals surface area contributed by atoms with E-state index in [9.17, 15) is 0 Å². The topological polar surface area (TPSA) is 36.9 Å². The second-order valence-corrected chi connectivity index (χ2v) is 36.9. The highest BCUT2D eigenvalue weighted by atomic mass is 28.4. The third kappa shape index (κ3) is 7.73. The van der Waals surface area contributed by atoms with Gasteiger partial charge in [-0.15, -0.1) is 0 Å². The average molecular weight is 697 g/mol. The molecule has 0 radical (unpaired) electrons. The molecule has 0 aromatic heterocycles. The summed E-state index contributed by atoms with van der Waals surface area (Å²) in [7, 11) is -7.05. The monoisotopic (exact) mass is 696 g/mol. The molecule has 45 heavy (non-hydrogen) atoms. The van der Waals surface area contributed by atoms with Gasteiger partial charge in [-0.25, -0.2) is 0 Å². The van der Waals surface area contributed by atoms with Gasteiger partial charge in [0.2, 0.25) is 0 Å². The molecule has 0 heterocycles. The molecule has 0 bridgehead atoms. The highest BCUT2D eigenvalue weighted by molar-refractivity contribution is 6.72. The van der Waals surface area contributed by atoms with Gasteiger partial charge >= 0.3 is 0 Å². The molecule has 4 saturated carbocycles. The quantitative estimate of drug-likeness (QED) is 0.169. The maximum atomic E-state index is 7.80. The van der Waals surface area contributed by atoms with E-state index in [0.29, 0.717) is 18.1 Å². The number of hydrogen-bond acceptors (Lipinski definition) is 4. The molecule has 0 aromatic rings. The van der Waals surface area contributed by atoms with Crippen molar-refractivity contribution < 1.29 is 17.7 Å². The summed E-state index contributed by atoms with van der Waals surface area (Å²) in [6, 6.07) is 4.66. The van der Waals surface area contributed by atoms with Gasteiger partial charge in [0.25, 0.3) is 0 Å². The zero-order valence-corrected chi connectivity index (χ0v) is 36.5. The van der Waals surface area contributed by atoms with E-state index in [1.807, 2.05) is 0 Å². The van der Waals surface area contributed by atoms with Crippen LogP contribution in [0.2, 0.25) is 76.6 Å². The largest absolute Gasteiger partial charge is 0.415 e. The highest BCUT2D eigenvalue weighted by Gasteiger charge is 2.69. The van der Waals surface area contributed by atoms with Crippen LogP contribution in [0.3, 0.4) is 0 Å². The molecule has 0 amide bonds. The van der Waals surface area contributed by atoms with E-state index in [-0.39, 0.29) is 17.1 Å². The molecule has 4 nitrogen and oxygen atoms in total. The van der Waals surface area contributed by atoms with Crippen LogP contribution in [0.1, 0.15) is 99.3 Å². The van der Waals surface area contributed by atoms with Gasteiger partial charge < -0.3 is 17.7 Å². The summed E-state index contributed by atoms with van der Waals surface area (Å²) in [5.74, 6) is 3.23. The molecule has 0 aliphatic heterocycles. The Morgan fingerprint density at radius 3 is 1.84 bits per heavy atom. The van der Waals surface area contributed by atoms with Crippen LogP contribution < -0.4 is 0 Å². The van der Waals surface area contributed by atoms with Crippen molar-refractivity contribution >= 4 is 33.3 Å². The lowest BCUT2D eigenvalue weighted by molar-refractivity contribution is -0.183. The average Bonchev–Trinajstić information content (AvgIpc) is 3.27. The molecule has 0 saturated heterocycles. The first kappa shape index (κ1) is 38.5. The second-order valence-electron chi connectivity index (χ2n) is 19.0. The van der Waals surface area contributed by atoms with E-state index >= 15 is 0 Å². The first-order valence-corrected chi connectivity index (χ1v) is 31.9. The molecule has 4 rings (SSSR count). The minimum absolute atomic E-state index is 0.0351. The fraction of sp³-hybridized carbons (Fsp3) is 1.00. The van der Waals surface area contributed by atoms with E-state index in [0.717, 1.165) is 48.2 Å². The van der Waals surface area contributed by atoms with Crippen LogP contribution in [-0.2, 0) is 17.7 Å². The van der Waals surface area contributed by atoms with Gasteiger partial charge in [0.15, 0.2) is 33.3 Å². The van der Waals surface area contributed by atoms with Crippen molar-refractivity contribution in [3.63, 3.8) is 0 Å². The standard InChI is InChI=1S/C37H76O4Si4/c1-15-42(7,8)38-28-34(40-44(11,12)17-3)37(41-45(13,14)18-4)26-23-33-31-20-19-29-27-30(39-43(9,10)16-2)21-24-35(29,5)32(31)22-25-36(33,37)6/h29-34H,15-28H2,1-14H3. The van der Waals surface area contributed by atoms with Gasteiger partial charge in [0.05, 0.1) is 18.3 Å². The summed E-state index contributed by atoms with van der Waals surface area (Å²) < 4.78 is 29.1. The normalized spacial score (nSPS) is 38.4. The first-order chi connectivity index (χ1) is 20.7. The summed E-state index contributed by atoms with van der Waals surface area (Å²) in [5, 5.41) is 0. The van der Waals surface area contributed by atoms with Crippen LogP contribution in [0, 0.1) is 34.5 Å². The molecule has 4 aliphatic carbocycles. The third-order valence-corrected chi connectivity index (χ3v) is 25.3. The van der Waals surface area contributed by atoms with Gasteiger partial charge in [0, 0.05) is 11.5 Å². The van der Waals surface area contributed by atoms with Gasteiger partial charge in [-0.3, -0.25) is 0 Å². The summed E-state index contributed by atoms with van der Waals surface area (Å²) in [6.45, 7) is 34.9. The van der Waals surface area contributed by atoms with Crippen molar-refractivity contribution in [2.75, 3.05) is 6.61 Å². The first-order valence-electron chi connectivity index (χ1n) is 19.4. The lowest BCUT2D eigenvalue weighted by atomic mass is 9.44. The zero-order valence-electron chi connectivity index (χ0n) is 32.5. The minimum atomic E-state index is -1.91. The van der Waals surface area contributed by atoms with Gasteiger partial charge in [0.1, 0.15) is 0 Å². The highest BCUT2D eigenvalue weighted by Crippen LogP contribution is 2.70. The van der Waals surface area contributed by atoms with Gasteiger partial charge in [-0.2, -0.15) is 0 Å². The Morgan fingerprint density at radius 2 is 1.24 bits per heavy atom. The Labute approximate surface area is 284 Å². The Balaban J connectivity index is 1.67. The Kier molecular flexibility index (Phi) is 11.8. The molecular weight excluding hydrogens is 621 g/mol. The van der Waals surface area contributed by atoms with Crippen LogP contribution >= 0.6 is 0 Å². The molecule has 264 valence electrons. The Morgan fingerprint density at radius 1 is 0.644 bits per heavy atom. The molecule has 4 fully saturated rings. The predicted octanol–water partition coefficient (Wildman–Crippen LogP) is 11.5. The predicted molar refractivity (Wildman–Crippen MR) is 203 cm³/mol. The fourth-order valence-corrected chi connectivity index (χ4v) is 15.2. The van der Waals surface area contributed by atoms with E-state index in [1.165, 1.54) is 57.4 Å². The van der Waals surface area contributed by atoms with Crippen molar-refractivity contribution in [3.8, 4) is 0 Å². The van der Waals surface area contributed by atoms with Crippen molar-refractivity contribution in [1.82, 2.24) is 0 Å². The van der Waals surface area contributed by atoms with E-state index in [2.05, 4.69) is 93.9 Å². The summed E-state index contributed by atoms with van der Waals surface area (Å²) in [5.41, 5.74) is 0.363. The maximum Gasteiger partial charge on any atom is 0.187 e. The molecule has 4 aliphatic rings. The van der Waals surface area contributed by atoms with Crippen molar-refractivity contribution in [2.24, 2.45) is 34.5 Å².